The molecule has 1 aromatic carbocycles. The molecule has 9 heteroatoms. The van der Waals surface area contributed by atoms with Crippen molar-refractivity contribution >= 4 is 19.9 Å². The summed E-state index contributed by atoms with van der Waals surface area (Å²) >= 11 is 0. The van der Waals surface area contributed by atoms with Crippen molar-refractivity contribution < 1.29 is 16.8 Å². The standard InChI is InChI=1S/C10H11N3O4S2/c1-18(14,15)8-4-2-7(3-5-8)10-9(6-12-13-10)19(11,16)17/h2-6H,1H3,(H,12,13)(H2,11,16,17). The Balaban J connectivity index is 2.53. The molecule has 0 aliphatic heterocycles. The first-order valence-corrected chi connectivity index (χ1v) is 8.50. The number of aromatic nitrogens is 2. The molecule has 0 aliphatic rings. The number of nitrogens with two attached hydrogens (primary N) is 1. The van der Waals surface area contributed by atoms with Crippen LogP contribution in [0.3, 0.4) is 0 Å². The molecule has 0 amide bonds. The molecule has 0 aliphatic carbocycles. The molecular weight excluding hydrogens is 290 g/mol. The molecule has 102 valence electrons. The zero-order valence-corrected chi connectivity index (χ0v) is 11.5. The number of H-pyrrole nitrogens is 1. The monoisotopic (exact) mass is 301 g/mol. The Morgan fingerprint density at radius 1 is 1.11 bits per heavy atom. The Morgan fingerprint density at radius 3 is 2.16 bits per heavy atom. The van der Waals surface area contributed by atoms with Crippen molar-refractivity contribution in [2.45, 2.75) is 9.79 Å². The van der Waals surface area contributed by atoms with E-state index in [0.29, 0.717) is 5.56 Å². The lowest BCUT2D eigenvalue weighted by Gasteiger charge is -2.03. The van der Waals surface area contributed by atoms with Gasteiger partial charge in [0, 0.05) is 11.8 Å². The normalized spacial score (nSPS) is 12.5. The molecule has 0 saturated carbocycles. The van der Waals surface area contributed by atoms with E-state index in [1.807, 2.05) is 0 Å². The van der Waals surface area contributed by atoms with Crippen LogP contribution in [0.15, 0.2) is 40.3 Å². The lowest BCUT2D eigenvalue weighted by atomic mass is 10.2. The molecule has 3 N–H and O–H groups in total. The Kier molecular flexibility index (Phi) is 3.20. The summed E-state index contributed by atoms with van der Waals surface area (Å²) < 4.78 is 45.3. The van der Waals surface area contributed by atoms with Gasteiger partial charge in [-0.3, -0.25) is 5.10 Å². The maximum atomic E-state index is 11.3. The Labute approximate surface area is 110 Å². The summed E-state index contributed by atoms with van der Waals surface area (Å²) in [6.07, 6.45) is 2.20. The molecule has 1 heterocycles. The zero-order valence-electron chi connectivity index (χ0n) is 9.86. The van der Waals surface area contributed by atoms with Crippen LogP contribution in [0.25, 0.3) is 11.3 Å². The van der Waals surface area contributed by atoms with Gasteiger partial charge in [0.1, 0.15) is 4.90 Å². The predicted molar refractivity (Wildman–Crippen MR) is 68.5 cm³/mol. The van der Waals surface area contributed by atoms with E-state index in [1.54, 1.807) is 0 Å². The van der Waals surface area contributed by atoms with Gasteiger partial charge in [0.25, 0.3) is 0 Å². The third kappa shape index (κ3) is 2.83. The fourth-order valence-corrected chi connectivity index (χ4v) is 2.84. The predicted octanol–water partition coefficient (Wildman–Crippen LogP) is 0.128. The first-order valence-electron chi connectivity index (χ1n) is 5.06. The minimum absolute atomic E-state index is 0.139. The van der Waals surface area contributed by atoms with Crippen LogP contribution in [0.4, 0.5) is 0 Å². The number of primary sulfonamides is 1. The molecule has 2 aromatic rings. The van der Waals surface area contributed by atoms with E-state index in [2.05, 4.69) is 10.2 Å². The number of benzene rings is 1. The second-order valence-electron chi connectivity index (χ2n) is 3.95. The average molecular weight is 301 g/mol. The van der Waals surface area contributed by atoms with Crippen molar-refractivity contribution in [3.05, 3.63) is 30.5 Å². The minimum atomic E-state index is -3.89. The number of nitrogens with one attached hydrogen (secondary N) is 1. The van der Waals surface area contributed by atoms with E-state index in [9.17, 15) is 16.8 Å². The first-order chi connectivity index (χ1) is 8.69. The van der Waals surface area contributed by atoms with Gasteiger partial charge in [0.2, 0.25) is 10.0 Å². The Hall–Kier alpha value is -1.71. The molecule has 2 rings (SSSR count). The van der Waals surface area contributed by atoms with Crippen LogP contribution in [0.1, 0.15) is 0 Å². The quantitative estimate of drug-likeness (QED) is 0.834. The second kappa shape index (κ2) is 4.44. The molecule has 0 fully saturated rings. The molecule has 0 unspecified atom stereocenters. The number of hydrogen-bond acceptors (Lipinski definition) is 5. The Bertz CT molecular complexity index is 805. The van der Waals surface area contributed by atoms with E-state index in [0.717, 1.165) is 12.5 Å². The second-order valence-corrected chi connectivity index (χ2v) is 7.50. The summed E-state index contributed by atoms with van der Waals surface area (Å²) in [7, 11) is -7.18. The van der Waals surface area contributed by atoms with Crippen molar-refractivity contribution in [3.8, 4) is 11.3 Å². The number of hydrogen-bond donors (Lipinski definition) is 2. The smallest absolute Gasteiger partial charge is 0.241 e. The van der Waals surface area contributed by atoms with Gasteiger partial charge in [-0.05, 0) is 12.1 Å². The van der Waals surface area contributed by atoms with Crippen molar-refractivity contribution in [1.29, 1.82) is 0 Å². The minimum Gasteiger partial charge on any atom is -0.276 e. The maximum absolute atomic E-state index is 11.3. The van der Waals surface area contributed by atoms with Gasteiger partial charge in [0.15, 0.2) is 9.84 Å². The van der Waals surface area contributed by atoms with E-state index in [1.165, 1.54) is 24.3 Å². The van der Waals surface area contributed by atoms with E-state index in [-0.39, 0.29) is 15.5 Å². The number of sulfone groups is 1. The molecule has 0 spiro atoms. The van der Waals surface area contributed by atoms with Gasteiger partial charge < -0.3 is 0 Å². The fraction of sp³-hybridized carbons (Fsp3) is 0.100. The molecule has 7 nitrogen and oxygen atoms in total. The molecule has 0 bridgehead atoms. The van der Waals surface area contributed by atoms with Gasteiger partial charge >= 0.3 is 0 Å². The van der Waals surface area contributed by atoms with Gasteiger partial charge in [-0.1, -0.05) is 12.1 Å². The molecule has 0 atom stereocenters. The Morgan fingerprint density at radius 2 is 1.68 bits per heavy atom. The van der Waals surface area contributed by atoms with Crippen LogP contribution in [-0.4, -0.2) is 33.3 Å². The highest BCUT2D eigenvalue weighted by atomic mass is 32.2. The highest BCUT2D eigenvalue weighted by molar-refractivity contribution is 7.90. The van der Waals surface area contributed by atoms with Crippen molar-refractivity contribution in [2.75, 3.05) is 6.26 Å². The molecule has 0 saturated heterocycles. The molecular formula is C10H11N3O4S2. The third-order valence-corrected chi connectivity index (χ3v) is 4.53. The summed E-state index contributed by atoms with van der Waals surface area (Å²) in [4.78, 5) is 0.00697. The number of sulfonamides is 1. The summed E-state index contributed by atoms with van der Waals surface area (Å²) in [5, 5.41) is 11.2. The van der Waals surface area contributed by atoms with Crippen LogP contribution in [0.2, 0.25) is 0 Å². The van der Waals surface area contributed by atoms with Crippen LogP contribution in [-0.2, 0) is 19.9 Å². The van der Waals surface area contributed by atoms with Gasteiger partial charge in [-0.25, -0.2) is 22.0 Å². The van der Waals surface area contributed by atoms with Crippen molar-refractivity contribution in [3.63, 3.8) is 0 Å². The van der Waals surface area contributed by atoms with E-state index in [4.69, 9.17) is 5.14 Å². The first kappa shape index (κ1) is 13.7. The van der Waals surface area contributed by atoms with Gasteiger partial charge in [-0.2, -0.15) is 5.10 Å². The van der Waals surface area contributed by atoms with Crippen molar-refractivity contribution in [2.24, 2.45) is 5.14 Å². The van der Waals surface area contributed by atoms with Crippen molar-refractivity contribution in [1.82, 2.24) is 10.2 Å². The van der Waals surface area contributed by atoms with Gasteiger partial charge in [-0.15, -0.1) is 0 Å². The van der Waals surface area contributed by atoms with Crippen LogP contribution in [0, 0.1) is 0 Å². The number of rotatable bonds is 3. The molecule has 19 heavy (non-hydrogen) atoms. The van der Waals surface area contributed by atoms with Crippen LogP contribution >= 0.6 is 0 Å². The zero-order chi connectivity index (χ0) is 14.3. The average Bonchev–Trinajstić information content (AvgIpc) is 2.76. The fourth-order valence-electron chi connectivity index (χ4n) is 1.57. The number of aromatic amines is 1. The highest BCUT2D eigenvalue weighted by Crippen LogP contribution is 2.25. The largest absolute Gasteiger partial charge is 0.276 e. The molecule has 1 aromatic heterocycles. The lowest BCUT2D eigenvalue weighted by Crippen LogP contribution is -2.12. The van der Waals surface area contributed by atoms with E-state index >= 15 is 0 Å². The van der Waals surface area contributed by atoms with Crippen LogP contribution < -0.4 is 5.14 Å². The lowest BCUT2D eigenvalue weighted by molar-refractivity contribution is 0.597. The SMILES string of the molecule is CS(=O)(=O)c1ccc(-c2[nH]ncc2S(N)(=O)=O)cc1. The number of nitrogens with zero attached hydrogens (tertiary/aromatic N) is 1. The van der Waals surface area contributed by atoms with Gasteiger partial charge in [0.05, 0.1) is 16.8 Å². The summed E-state index contributed by atoms with van der Waals surface area (Å²) in [6.45, 7) is 0. The molecule has 0 radical (unpaired) electrons. The summed E-state index contributed by atoms with van der Waals surface area (Å²) in [5.74, 6) is 0. The van der Waals surface area contributed by atoms with Crippen LogP contribution in [0.5, 0.6) is 0 Å². The van der Waals surface area contributed by atoms with E-state index < -0.39 is 19.9 Å². The summed E-state index contributed by atoms with van der Waals surface area (Å²) in [5.41, 5.74) is 0.705. The topological polar surface area (TPSA) is 123 Å². The summed E-state index contributed by atoms with van der Waals surface area (Å²) in [6, 6.07) is 5.74. The highest BCUT2D eigenvalue weighted by Gasteiger charge is 2.18. The maximum Gasteiger partial charge on any atom is 0.241 e. The third-order valence-electron chi connectivity index (χ3n) is 2.48.